The van der Waals surface area contributed by atoms with Crippen molar-refractivity contribution in [3.63, 3.8) is 0 Å². The maximum atomic E-state index is 8.49. The Balaban J connectivity index is 2.25. The number of nitrogens with one attached hydrogen (secondary N) is 1. The molecule has 1 aromatic rings. The summed E-state index contributed by atoms with van der Waals surface area (Å²) in [6, 6.07) is 2.13. The van der Waals surface area contributed by atoms with E-state index in [1.54, 1.807) is 6.92 Å². The first-order valence-electron chi connectivity index (χ1n) is 4.12. The van der Waals surface area contributed by atoms with Crippen molar-refractivity contribution in [2.45, 2.75) is 20.4 Å². The van der Waals surface area contributed by atoms with Gasteiger partial charge in [0.1, 0.15) is 0 Å². The zero-order valence-corrected chi connectivity index (χ0v) is 7.74. The minimum Gasteiger partial charge on any atom is -0.338 e. The van der Waals surface area contributed by atoms with Crippen molar-refractivity contribution in [3.8, 4) is 6.07 Å². The topological polar surface area (TPSA) is 74.7 Å². The zero-order chi connectivity index (χ0) is 9.68. The Morgan fingerprint density at radius 2 is 2.46 bits per heavy atom. The van der Waals surface area contributed by atoms with Gasteiger partial charge < -0.3 is 9.84 Å². The van der Waals surface area contributed by atoms with Gasteiger partial charge in [-0.15, -0.1) is 0 Å². The Bertz CT molecular complexity index is 301. The number of hydrogen-bond donors (Lipinski definition) is 1. The van der Waals surface area contributed by atoms with Gasteiger partial charge in [-0.1, -0.05) is 5.16 Å². The van der Waals surface area contributed by atoms with E-state index in [1.165, 1.54) is 0 Å². The minimum absolute atomic E-state index is 0.00372. The van der Waals surface area contributed by atoms with E-state index in [1.807, 2.05) is 6.92 Å². The first-order chi connectivity index (χ1) is 6.22. The Labute approximate surface area is 76.7 Å². The van der Waals surface area contributed by atoms with Crippen LogP contribution in [0.25, 0.3) is 0 Å². The zero-order valence-electron chi connectivity index (χ0n) is 7.74. The SMILES string of the molecule is Cc1noc(CNCC(C)C#N)n1. The van der Waals surface area contributed by atoms with Gasteiger partial charge in [0.2, 0.25) is 5.89 Å². The number of nitrogens with zero attached hydrogens (tertiary/aromatic N) is 3. The van der Waals surface area contributed by atoms with E-state index in [0.717, 1.165) is 0 Å². The Hall–Kier alpha value is -1.41. The fourth-order valence-corrected chi connectivity index (χ4v) is 0.853. The predicted octanol–water partition coefficient (Wildman–Crippen LogP) is 0.627. The molecule has 0 aromatic carbocycles. The Morgan fingerprint density at radius 1 is 1.69 bits per heavy atom. The van der Waals surface area contributed by atoms with Crippen molar-refractivity contribution in [1.82, 2.24) is 15.5 Å². The largest absolute Gasteiger partial charge is 0.338 e. The summed E-state index contributed by atoms with van der Waals surface area (Å²) < 4.78 is 4.87. The molecule has 5 heteroatoms. The summed E-state index contributed by atoms with van der Waals surface area (Å²) >= 11 is 0. The van der Waals surface area contributed by atoms with Crippen LogP contribution >= 0.6 is 0 Å². The van der Waals surface area contributed by atoms with Gasteiger partial charge in [0, 0.05) is 6.54 Å². The molecule has 13 heavy (non-hydrogen) atoms. The predicted molar refractivity (Wildman–Crippen MR) is 45.5 cm³/mol. The summed E-state index contributed by atoms with van der Waals surface area (Å²) in [7, 11) is 0. The van der Waals surface area contributed by atoms with Crippen molar-refractivity contribution in [2.75, 3.05) is 6.54 Å². The number of aryl methyl sites for hydroxylation is 1. The van der Waals surface area contributed by atoms with E-state index in [9.17, 15) is 0 Å². The summed E-state index contributed by atoms with van der Waals surface area (Å²) in [4.78, 5) is 4.01. The number of aromatic nitrogens is 2. The molecule has 1 atom stereocenters. The average molecular weight is 180 g/mol. The molecular weight excluding hydrogens is 168 g/mol. The van der Waals surface area contributed by atoms with Crippen LogP contribution in [0.5, 0.6) is 0 Å². The van der Waals surface area contributed by atoms with Gasteiger partial charge in [-0.3, -0.25) is 0 Å². The van der Waals surface area contributed by atoms with E-state index in [0.29, 0.717) is 24.8 Å². The van der Waals surface area contributed by atoms with Crippen LogP contribution in [0.3, 0.4) is 0 Å². The van der Waals surface area contributed by atoms with Crippen LogP contribution in [0.2, 0.25) is 0 Å². The summed E-state index contributed by atoms with van der Waals surface area (Å²) in [6.45, 7) is 4.78. The molecule has 1 unspecified atom stereocenters. The first-order valence-corrected chi connectivity index (χ1v) is 4.12. The maximum absolute atomic E-state index is 8.49. The minimum atomic E-state index is 0.00372. The van der Waals surface area contributed by atoms with Gasteiger partial charge in [0.15, 0.2) is 5.82 Å². The number of nitriles is 1. The lowest BCUT2D eigenvalue weighted by Crippen LogP contribution is -2.19. The molecule has 0 aliphatic heterocycles. The van der Waals surface area contributed by atoms with Gasteiger partial charge in [0.25, 0.3) is 0 Å². The lowest BCUT2D eigenvalue weighted by molar-refractivity contribution is 0.362. The summed E-state index contributed by atoms with van der Waals surface area (Å²) in [5.74, 6) is 1.19. The summed E-state index contributed by atoms with van der Waals surface area (Å²) in [5.41, 5.74) is 0. The van der Waals surface area contributed by atoms with Crippen LogP contribution in [-0.2, 0) is 6.54 Å². The van der Waals surface area contributed by atoms with Crippen molar-refractivity contribution in [2.24, 2.45) is 5.92 Å². The molecule has 0 radical (unpaired) electrons. The first kappa shape index (κ1) is 9.68. The smallest absolute Gasteiger partial charge is 0.240 e. The van der Waals surface area contributed by atoms with E-state index in [2.05, 4.69) is 21.5 Å². The van der Waals surface area contributed by atoms with E-state index < -0.39 is 0 Å². The highest BCUT2D eigenvalue weighted by atomic mass is 16.5. The third kappa shape index (κ3) is 3.22. The van der Waals surface area contributed by atoms with E-state index in [4.69, 9.17) is 9.78 Å². The molecule has 0 fully saturated rings. The molecule has 1 aromatic heterocycles. The molecule has 1 rings (SSSR count). The second kappa shape index (κ2) is 4.58. The van der Waals surface area contributed by atoms with Crippen molar-refractivity contribution in [1.29, 1.82) is 5.26 Å². The molecule has 0 aliphatic rings. The molecule has 0 aliphatic carbocycles. The molecule has 0 saturated heterocycles. The van der Waals surface area contributed by atoms with Gasteiger partial charge in [-0.05, 0) is 13.8 Å². The lowest BCUT2D eigenvalue weighted by atomic mass is 10.2. The number of hydrogen-bond acceptors (Lipinski definition) is 5. The third-order valence-electron chi connectivity index (χ3n) is 1.52. The standard InChI is InChI=1S/C8H12N4O/c1-6(3-9)4-10-5-8-11-7(2)12-13-8/h6,10H,4-5H2,1-2H3. The monoisotopic (exact) mass is 180 g/mol. The van der Waals surface area contributed by atoms with Crippen LogP contribution in [0.1, 0.15) is 18.6 Å². The molecular formula is C8H12N4O. The molecule has 0 saturated carbocycles. The van der Waals surface area contributed by atoms with Crippen LogP contribution < -0.4 is 5.32 Å². The third-order valence-corrected chi connectivity index (χ3v) is 1.52. The Morgan fingerprint density at radius 3 is 3.00 bits per heavy atom. The molecule has 0 bridgehead atoms. The highest BCUT2D eigenvalue weighted by molar-refractivity contribution is 4.84. The second-order valence-electron chi connectivity index (χ2n) is 2.90. The van der Waals surface area contributed by atoms with Gasteiger partial charge in [-0.25, -0.2) is 0 Å². The maximum Gasteiger partial charge on any atom is 0.240 e. The van der Waals surface area contributed by atoms with Gasteiger partial charge >= 0.3 is 0 Å². The average Bonchev–Trinajstić information content (AvgIpc) is 2.51. The normalized spacial score (nSPS) is 12.4. The van der Waals surface area contributed by atoms with E-state index >= 15 is 0 Å². The van der Waals surface area contributed by atoms with Crippen LogP contribution in [0.4, 0.5) is 0 Å². The molecule has 1 N–H and O–H groups in total. The number of rotatable bonds is 4. The van der Waals surface area contributed by atoms with Crippen LogP contribution in [0.15, 0.2) is 4.52 Å². The van der Waals surface area contributed by atoms with Crippen molar-refractivity contribution in [3.05, 3.63) is 11.7 Å². The summed E-state index contributed by atoms with van der Waals surface area (Å²) in [5, 5.41) is 15.2. The fraction of sp³-hybridized carbons (Fsp3) is 0.625. The summed E-state index contributed by atoms with van der Waals surface area (Å²) in [6.07, 6.45) is 0. The molecule has 5 nitrogen and oxygen atoms in total. The van der Waals surface area contributed by atoms with E-state index in [-0.39, 0.29) is 5.92 Å². The molecule has 0 amide bonds. The molecule has 70 valence electrons. The second-order valence-corrected chi connectivity index (χ2v) is 2.90. The van der Waals surface area contributed by atoms with Crippen LogP contribution in [0, 0.1) is 24.2 Å². The highest BCUT2D eigenvalue weighted by Crippen LogP contribution is 1.95. The highest BCUT2D eigenvalue weighted by Gasteiger charge is 2.03. The molecule has 0 spiro atoms. The Kier molecular flexibility index (Phi) is 3.41. The molecule has 1 heterocycles. The quantitative estimate of drug-likeness (QED) is 0.735. The fourth-order valence-electron chi connectivity index (χ4n) is 0.853. The van der Waals surface area contributed by atoms with Crippen molar-refractivity contribution < 1.29 is 4.52 Å². The van der Waals surface area contributed by atoms with Gasteiger partial charge in [-0.2, -0.15) is 10.2 Å². The lowest BCUT2D eigenvalue weighted by Gasteiger charge is -2.01. The van der Waals surface area contributed by atoms with Crippen molar-refractivity contribution >= 4 is 0 Å². The van der Waals surface area contributed by atoms with Gasteiger partial charge in [0.05, 0.1) is 18.5 Å². The van der Waals surface area contributed by atoms with Crippen LogP contribution in [-0.4, -0.2) is 16.7 Å².